The Hall–Kier alpha value is -3.61. The van der Waals surface area contributed by atoms with E-state index in [1.54, 1.807) is 6.07 Å². The molecular formula is C25H24F2N4O. The van der Waals surface area contributed by atoms with Gasteiger partial charge in [0.2, 0.25) is 5.95 Å². The molecule has 1 fully saturated rings. The van der Waals surface area contributed by atoms with Crippen molar-refractivity contribution in [3.63, 3.8) is 0 Å². The Morgan fingerprint density at radius 2 is 1.94 bits per heavy atom. The molecule has 7 heteroatoms. The highest BCUT2D eigenvalue weighted by Gasteiger charge is 2.14. The summed E-state index contributed by atoms with van der Waals surface area (Å²) in [6.07, 6.45) is 5.82. The van der Waals surface area contributed by atoms with Crippen molar-refractivity contribution < 1.29 is 13.6 Å². The molecule has 1 N–H and O–H groups in total. The van der Waals surface area contributed by atoms with E-state index in [4.69, 9.17) is 0 Å². The largest absolute Gasteiger partial charge is 0.371 e. The Kier molecular flexibility index (Phi) is 6.54. The van der Waals surface area contributed by atoms with E-state index in [1.165, 1.54) is 37.5 Å². The molecule has 32 heavy (non-hydrogen) atoms. The van der Waals surface area contributed by atoms with E-state index in [9.17, 15) is 13.6 Å². The minimum Gasteiger partial charge on any atom is -0.371 e. The second-order valence-electron chi connectivity index (χ2n) is 7.81. The number of carbonyl (C=O) groups excluding carboxylic acids is 1. The topological polar surface area (TPSA) is 58.1 Å². The molecule has 5 nitrogen and oxygen atoms in total. The summed E-state index contributed by atoms with van der Waals surface area (Å²) in [6, 6.07) is 11.9. The van der Waals surface area contributed by atoms with E-state index in [0.717, 1.165) is 30.7 Å². The Labute approximate surface area is 185 Å². The number of nitrogens with one attached hydrogen (secondary N) is 1. The molecule has 0 bridgehead atoms. The quantitative estimate of drug-likeness (QED) is 0.501. The highest BCUT2D eigenvalue weighted by molar-refractivity contribution is 5.91. The summed E-state index contributed by atoms with van der Waals surface area (Å²) in [4.78, 5) is 22.3. The highest BCUT2D eigenvalue weighted by atomic mass is 19.1. The number of nitrogens with zero attached hydrogens (tertiary/aromatic N) is 3. The van der Waals surface area contributed by atoms with Gasteiger partial charge in [0.25, 0.3) is 0 Å². The van der Waals surface area contributed by atoms with Crippen molar-refractivity contribution in [1.82, 2.24) is 9.97 Å². The van der Waals surface area contributed by atoms with E-state index >= 15 is 0 Å². The van der Waals surface area contributed by atoms with Gasteiger partial charge in [0, 0.05) is 36.4 Å². The van der Waals surface area contributed by atoms with Gasteiger partial charge in [-0.05, 0) is 67.3 Å². The second kappa shape index (κ2) is 9.68. The molecule has 164 valence electrons. The maximum atomic E-state index is 14.5. The average molecular weight is 434 g/mol. The van der Waals surface area contributed by atoms with Crippen LogP contribution in [0.3, 0.4) is 0 Å². The van der Waals surface area contributed by atoms with Crippen LogP contribution < -0.4 is 10.2 Å². The summed E-state index contributed by atoms with van der Waals surface area (Å²) >= 11 is 0. The lowest BCUT2D eigenvalue weighted by Gasteiger charge is -2.29. The number of anilines is 3. The van der Waals surface area contributed by atoms with Crippen LogP contribution in [0.15, 0.2) is 61.3 Å². The fraction of sp³-hybridized carbons (Fsp3) is 0.240. The molecule has 2 aromatic carbocycles. The third-order valence-electron chi connectivity index (χ3n) is 5.40. The Morgan fingerprint density at radius 3 is 2.72 bits per heavy atom. The zero-order valence-electron chi connectivity index (χ0n) is 17.7. The van der Waals surface area contributed by atoms with Crippen molar-refractivity contribution >= 4 is 23.1 Å². The number of rotatable bonds is 7. The van der Waals surface area contributed by atoms with E-state index in [1.807, 2.05) is 18.2 Å². The number of ketones is 1. The van der Waals surface area contributed by atoms with Gasteiger partial charge < -0.3 is 10.2 Å². The van der Waals surface area contributed by atoms with Crippen LogP contribution in [0.4, 0.5) is 26.1 Å². The van der Waals surface area contributed by atoms with Crippen LogP contribution in [0.1, 0.15) is 24.8 Å². The summed E-state index contributed by atoms with van der Waals surface area (Å²) in [5.41, 5.74) is 2.51. The van der Waals surface area contributed by atoms with Gasteiger partial charge in [0.1, 0.15) is 11.5 Å². The summed E-state index contributed by atoms with van der Waals surface area (Å²) in [5, 5.41) is 3.11. The molecule has 1 aromatic heterocycles. The fourth-order valence-corrected chi connectivity index (χ4v) is 3.85. The van der Waals surface area contributed by atoms with E-state index in [-0.39, 0.29) is 29.4 Å². The summed E-state index contributed by atoms with van der Waals surface area (Å²) in [7, 11) is 0. The predicted molar refractivity (Wildman–Crippen MR) is 122 cm³/mol. The maximum absolute atomic E-state index is 14.5. The first kappa shape index (κ1) is 21.6. The van der Waals surface area contributed by atoms with Gasteiger partial charge in [-0.1, -0.05) is 12.6 Å². The van der Waals surface area contributed by atoms with Gasteiger partial charge in [0.15, 0.2) is 11.6 Å². The lowest BCUT2D eigenvalue weighted by molar-refractivity contribution is -0.114. The Bertz CT molecular complexity index is 1140. The fourth-order valence-electron chi connectivity index (χ4n) is 3.85. The molecular weight excluding hydrogens is 410 g/mol. The first-order valence-electron chi connectivity index (χ1n) is 10.6. The number of halogens is 2. The van der Waals surface area contributed by atoms with Crippen LogP contribution in [0.2, 0.25) is 0 Å². The van der Waals surface area contributed by atoms with E-state index in [0.29, 0.717) is 5.56 Å². The number of hydrogen-bond acceptors (Lipinski definition) is 5. The van der Waals surface area contributed by atoms with Gasteiger partial charge in [-0.25, -0.2) is 18.7 Å². The number of benzene rings is 2. The molecule has 4 rings (SSSR count). The lowest BCUT2D eigenvalue weighted by atomic mass is 10.0. The van der Waals surface area contributed by atoms with Crippen molar-refractivity contribution in [2.24, 2.45) is 0 Å². The van der Waals surface area contributed by atoms with Crippen molar-refractivity contribution in [2.75, 3.05) is 23.3 Å². The third-order valence-corrected chi connectivity index (χ3v) is 5.40. The van der Waals surface area contributed by atoms with E-state index < -0.39 is 11.6 Å². The summed E-state index contributed by atoms with van der Waals surface area (Å²) < 4.78 is 28.7. The predicted octanol–water partition coefficient (Wildman–Crippen LogP) is 5.45. The third kappa shape index (κ3) is 5.17. The van der Waals surface area contributed by atoms with Gasteiger partial charge >= 0.3 is 0 Å². The summed E-state index contributed by atoms with van der Waals surface area (Å²) in [6.45, 7) is 5.48. The van der Waals surface area contributed by atoms with Gasteiger partial charge in [-0.3, -0.25) is 4.79 Å². The number of carbonyl (C=O) groups is 1. The zero-order chi connectivity index (χ0) is 22.5. The number of allylic oxidation sites excluding steroid dienone is 1. The normalized spacial score (nSPS) is 13.6. The molecule has 0 radical (unpaired) electrons. The second-order valence-corrected chi connectivity index (χ2v) is 7.81. The smallest absolute Gasteiger partial charge is 0.227 e. The van der Waals surface area contributed by atoms with E-state index in [2.05, 4.69) is 32.8 Å². The Balaban J connectivity index is 1.60. The summed E-state index contributed by atoms with van der Waals surface area (Å²) in [5.74, 6) is -1.30. The minimum absolute atomic E-state index is 0.0185. The van der Waals surface area contributed by atoms with Crippen molar-refractivity contribution in [3.05, 3.63) is 78.5 Å². The van der Waals surface area contributed by atoms with Crippen molar-refractivity contribution in [1.29, 1.82) is 0 Å². The monoisotopic (exact) mass is 434 g/mol. The first-order chi connectivity index (χ1) is 15.5. The molecule has 0 unspecified atom stereocenters. The van der Waals surface area contributed by atoms with Gasteiger partial charge in [-0.15, -0.1) is 0 Å². The Morgan fingerprint density at radius 1 is 1.12 bits per heavy atom. The lowest BCUT2D eigenvalue weighted by Crippen LogP contribution is -2.29. The van der Waals surface area contributed by atoms with Crippen LogP contribution in [0, 0.1) is 11.6 Å². The molecule has 1 saturated heterocycles. The molecule has 0 amide bonds. The molecule has 0 atom stereocenters. The molecule has 1 aliphatic rings. The van der Waals surface area contributed by atoms with Crippen molar-refractivity contribution in [2.45, 2.75) is 25.7 Å². The van der Waals surface area contributed by atoms with Crippen LogP contribution in [-0.2, 0) is 11.2 Å². The zero-order valence-corrected chi connectivity index (χ0v) is 17.7. The average Bonchev–Trinajstić information content (AvgIpc) is 2.80. The van der Waals surface area contributed by atoms with Gasteiger partial charge in [0.05, 0.1) is 6.20 Å². The molecule has 2 heterocycles. The van der Waals surface area contributed by atoms with Crippen LogP contribution in [0.25, 0.3) is 11.3 Å². The van der Waals surface area contributed by atoms with Gasteiger partial charge in [-0.2, -0.15) is 0 Å². The van der Waals surface area contributed by atoms with Crippen LogP contribution >= 0.6 is 0 Å². The first-order valence-corrected chi connectivity index (χ1v) is 10.6. The number of piperidine rings is 1. The maximum Gasteiger partial charge on any atom is 0.227 e. The SMILES string of the molecule is C=CC(=O)Cc1cc(F)cc(-c2nc(Nc3cccc(N4CCCCC4)c3)ncc2F)c1. The van der Waals surface area contributed by atoms with Crippen LogP contribution in [-0.4, -0.2) is 28.8 Å². The molecule has 3 aromatic rings. The van der Waals surface area contributed by atoms with Crippen molar-refractivity contribution in [3.8, 4) is 11.3 Å². The highest BCUT2D eigenvalue weighted by Crippen LogP contribution is 2.27. The number of hydrogen-bond donors (Lipinski definition) is 1. The standard InChI is InChI=1S/C25H24F2N4O/c1-2-22(32)13-17-11-18(14-19(26)12-17)24-23(27)16-28-25(30-24)29-20-7-6-8-21(15-20)31-9-4-3-5-10-31/h2,6-8,11-12,14-16H,1,3-5,9-10,13H2,(H,28,29,30). The molecule has 1 aliphatic heterocycles. The number of aromatic nitrogens is 2. The molecule has 0 spiro atoms. The minimum atomic E-state index is -0.677. The molecule has 0 saturated carbocycles. The molecule has 0 aliphatic carbocycles. The van der Waals surface area contributed by atoms with Crippen LogP contribution in [0.5, 0.6) is 0 Å².